The molecule has 1 spiro atoms. The fraction of sp³-hybridized carbons (Fsp3) is 0.720. The van der Waals surface area contributed by atoms with Crippen molar-refractivity contribution in [3.63, 3.8) is 0 Å². The van der Waals surface area contributed by atoms with Crippen molar-refractivity contribution >= 4 is 23.4 Å². The van der Waals surface area contributed by atoms with E-state index in [1.165, 1.54) is 6.42 Å². The van der Waals surface area contributed by atoms with Crippen molar-refractivity contribution in [2.45, 2.75) is 88.0 Å². The second-order valence-electron chi connectivity index (χ2n) is 10.3. The van der Waals surface area contributed by atoms with Crippen molar-refractivity contribution in [3.8, 4) is 0 Å². The molecule has 4 saturated heterocycles. The van der Waals surface area contributed by atoms with Gasteiger partial charge in [0.25, 0.3) is 0 Å². The van der Waals surface area contributed by atoms with Crippen LogP contribution in [0.1, 0.15) is 59.3 Å². The Morgan fingerprint density at radius 1 is 1.19 bits per heavy atom. The van der Waals surface area contributed by atoms with Gasteiger partial charge < -0.3 is 14.8 Å². The van der Waals surface area contributed by atoms with Crippen LogP contribution in [-0.4, -0.2) is 35.9 Å². The SMILES string of the molecule is CSc1cccc(NC(=O)CC[C@H]2O[C@@H]3OC4(C)CC[C@H]5[C@H](C)CC[C@@H]([C@H]2C)[C@@]35OO4)c1. The molecule has 2 bridgehead atoms. The molecule has 1 amide bonds. The summed E-state index contributed by atoms with van der Waals surface area (Å²) in [6, 6.07) is 7.94. The van der Waals surface area contributed by atoms with Gasteiger partial charge in [-0.2, -0.15) is 0 Å². The summed E-state index contributed by atoms with van der Waals surface area (Å²) < 4.78 is 13.0. The van der Waals surface area contributed by atoms with Crippen molar-refractivity contribution in [1.29, 1.82) is 0 Å². The number of carbonyl (C=O) groups excluding carboxylic acids is 1. The number of anilines is 1. The van der Waals surface area contributed by atoms with Crippen molar-refractivity contribution < 1.29 is 24.0 Å². The highest BCUT2D eigenvalue weighted by Crippen LogP contribution is 2.60. The smallest absolute Gasteiger partial charge is 0.224 e. The lowest BCUT2D eigenvalue weighted by atomic mass is 9.57. The van der Waals surface area contributed by atoms with Crippen LogP contribution in [0.2, 0.25) is 0 Å². The van der Waals surface area contributed by atoms with Crippen molar-refractivity contribution in [3.05, 3.63) is 24.3 Å². The summed E-state index contributed by atoms with van der Waals surface area (Å²) >= 11 is 1.66. The topological polar surface area (TPSA) is 66.0 Å². The third-order valence-corrected chi connectivity index (χ3v) is 9.03. The number of benzene rings is 1. The Morgan fingerprint density at radius 2 is 2.03 bits per heavy atom. The van der Waals surface area contributed by atoms with Gasteiger partial charge in [-0.1, -0.05) is 19.9 Å². The van der Waals surface area contributed by atoms with E-state index < -0.39 is 17.7 Å². The Labute approximate surface area is 195 Å². The highest BCUT2D eigenvalue weighted by atomic mass is 32.2. The minimum atomic E-state index is -0.762. The van der Waals surface area contributed by atoms with Crippen LogP contribution >= 0.6 is 11.8 Å². The zero-order chi connectivity index (χ0) is 22.5. The van der Waals surface area contributed by atoms with E-state index in [-0.39, 0.29) is 17.9 Å². The Kier molecular flexibility index (Phi) is 6.08. The zero-order valence-electron chi connectivity index (χ0n) is 19.5. The summed E-state index contributed by atoms with van der Waals surface area (Å²) in [6.45, 7) is 6.52. The van der Waals surface area contributed by atoms with Gasteiger partial charge in [0, 0.05) is 29.3 Å². The maximum Gasteiger partial charge on any atom is 0.224 e. The maximum absolute atomic E-state index is 12.7. The molecule has 0 radical (unpaired) electrons. The molecule has 4 heterocycles. The minimum absolute atomic E-state index is 0.0179. The number of amides is 1. The lowest BCUT2D eigenvalue weighted by Gasteiger charge is -2.60. The van der Waals surface area contributed by atoms with Gasteiger partial charge in [0.05, 0.1) is 6.10 Å². The summed E-state index contributed by atoms with van der Waals surface area (Å²) in [6.07, 6.45) is 6.74. The third kappa shape index (κ3) is 3.80. The number of hydrogen-bond donors (Lipinski definition) is 1. The first-order valence-corrected chi connectivity index (χ1v) is 13.2. The van der Waals surface area contributed by atoms with Gasteiger partial charge >= 0.3 is 0 Å². The average molecular weight is 462 g/mol. The molecule has 0 aromatic heterocycles. The molecule has 176 valence electrons. The number of carbonyl (C=O) groups is 1. The maximum atomic E-state index is 12.7. The van der Waals surface area contributed by atoms with Gasteiger partial charge in [-0.05, 0) is 74.8 Å². The van der Waals surface area contributed by atoms with E-state index in [0.29, 0.717) is 30.6 Å². The molecular weight excluding hydrogens is 426 g/mol. The lowest BCUT2D eigenvalue weighted by Crippen LogP contribution is -2.70. The van der Waals surface area contributed by atoms with Gasteiger partial charge in [0.2, 0.25) is 11.7 Å². The number of nitrogens with one attached hydrogen (secondary N) is 1. The summed E-state index contributed by atoms with van der Waals surface area (Å²) in [4.78, 5) is 25.9. The average Bonchev–Trinajstić information content (AvgIpc) is 3.01. The first kappa shape index (κ1) is 22.7. The van der Waals surface area contributed by atoms with Gasteiger partial charge in [0.1, 0.15) is 0 Å². The monoisotopic (exact) mass is 461 g/mol. The number of rotatable bonds is 5. The molecule has 8 atom stereocenters. The minimum Gasteiger partial charge on any atom is -0.346 e. The molecule has 5 aliphatic rings. The molecule has 7 heteroatoms. The first-order chi connectivity index (χ1) is 15.3. The van der Waals surface area contributed by atoms with Crippen LogP contribution in [0.3, 0.4) is 0 Å². The first-order valence-electron chi connectivity index (χ1n) is 12.0. The number of ether oxygens (including phenoxy) is 2. The molecule has 32 heavy (non-hydrogen) atoms. The molecule has 1 aromatic carbocycles. The van der Waals surface area contributed by atoms with Gasteiger partial charge in [-0.15, -0.1) is 11.8 Å². The van der Waals surface area contributed by atoms with E-state index in [4.69, 9.17) is 19.2 Å². The van der Waals surface area contributed by atoms with Crippen molar-refractivity contribution in [2.75, 3.05) is 11.6 Å². The molecule has 4 aliphatic heterocycles. The number of hydrogen-bond acceptors (Lipinski definition) is 6. The molecule has 6 rings (SSSR count). The molecular formula is C25H35NO5S. The standard InChI is InChI=1S/C25H35NO5S/c1-15-8-9-20-16(2)21(10-11-22(27)26-17-6-5-7-18(14-17)32-4)28-23-25(20)19(15)12-13-24(3,29-23)30-31-25/h5-7,14-16,19-21,23H,8-13H2,1-4H3,(H,26,27)/t15-,16-,19+,20+,21-,23-,24?,25-/m1/s1. The molecule has 6 nitrogen and oxygen atoms in total. The van der Waals surface area contributed by atoms with E-state index in [1.807, 2.05) is 37.4 Å². The summed E-state index contributed by atoms with van der Waals surface area (Å²) in [5, 5.41) is 3.03. The van der Waals surface area contributed by atoms with Gasteiger partial charge in [0.15, 0.2) is 11.9 Å². The largest absolute Gasteiger partial charge is 0.346 e. The van der Waals surface area contributed by atoms with Crippen LogP contribution in [0, 0.1) is 23.7 Å². The quantitative estimate of drug-likeness (QED) is 0.469. The summed E-state index contributed by atoms with van der Waals surface area (Å²) in [7, 11) is 0. The summed E-state index contributed by atoms with van der Waals surface area (Å²) in [5.41, 5.74) is 0.301. The van der Waals surface area contributed by atoms with E-state index in [0.717, 1.165) is 29.8 Å². The molecule has 1 unspecified atom stereocenters. The van der Waals surface area contributed by atoms with Gasteiger partial charge in [-0.3, -0.25) is 4.79 Å². The summed E-state index contributed by atoms with van der Waals surface area (Å²) in [5.74, 6) is 0.745. The fourth-order valence-corrected chi connectivity index (χ4v) is 6.97. The molecule has 1 aromatic rings. The Bertz CT molecular complexity index is 866. The van der Waals surface area contributed by atoms with E-state index >= 15 is 0 Å². The molecule has 1 N–H and O–H groups in total. The van der Waals surface area contributed by atoms with Crippen molar-refractivity contribution in [1.82, 2.24) is 0 Å². The zero-order valence-corrected chi connectivity index (χ0v) is 20.3. The fourth-order valence-electron chi connectivity index (χ4n) is 6.51. The van der Waals surface area contributed by atoms with E-state index in [9.17, 15) is 4.79 Å². The van der Waals surface area contributed by atoms with Crippen molar-refractivity contribution in [2.24, 2.45) is 23.7 Å². The Balaban J connectivity index is 1.29. The lowest BCUT2D eigenvalue weighted by molar-refractivity contribution is -0.571. The normalized spacial score (nSPS) is 42.8. The van der Waals surface area contributed by atoms with E-state index in [1.54, 1.807) is 11.8 Å². The van der Waals surface area contributed by atoms with Crippen LogP contribution in [0.5, 0.6) is 0 Å². The highest BCUT2D eigenvalue weighted by Gasteiger charge is 2.69. The number of fused-ring (bicyclic) bond motifs is 2. The predicted octanol–water partition coefficient (Wildman–Crippen LogP) is 5.38. The van der Waals surface area contributed by atoms with Crippen LogP contribution in [0.15, 0.2) is 29.2 Å². The Hall–Kier alpha value is -1.12. The van der Waals surface area contributed by atoms with Crippen LogP contribution < -0.4 is 5.32 Å². The van der Waals surface area contributed by atoms with Crippen LogP contribution in [-0.2, 0) is 24.0 Å². The van der Waals surface area contributed by atoms with E-state index in [2.05, 4.69) is 19.2 Å². The van der Waals surface area contributed by atoms with Crippen LogP contribution in [0.4, 0.5) is 5.69 Å². The highest BCUT2D eigenvalue weighted by molar-refractivity contribution is 7.98. The third-order valence-electron chi connectivity index (χ3n) is 8.30. The predicted molar refractivity (Wildman–Crippen MR) is 123 cm³/mol. The van der Waals surface area contributed by atoms with Gasteiger partial charge in [-0.25, -0.2) is 9.78 Å². The molecule has 1 saturated carbocycles. The second-order valence-corrected chi connectivity index (χ2v) is 11.1. The number of thioether (sulfide) groups is 1. The Morgan fingerprint density at radius 3 is 2.84 bits per heavy atom. The second kappa shape index (κ2) is 8.58. The van der Waals surface area contributed by atoms with Crippen LogP contribution in [0.25, 0.3) is 0 Å². The molecule has 5 fully saturated rings. The molecule has 1 aliphatic carbocycles.